The fourth-order valence-corrected chi connectivity index (χ4v) is 7.34. The molecule has 0 aliphatic heterocycles. The minimum absolute atomic E-state index is 1.23. The molecular formula is C46H30. The van der Waals surface area contributed by atoms with Crippen LogP contribution in [0.5, 0.6) is 0 Å². The normalized spacial score (nSPS) is 11.5. The van der Waals surface area contributed by atoms with Crippen molar-refractivity contribution < 1.29 is 0 Å². The van der Waals surface area contributed by atoms with Gasteiger partial charge in [-0.2, -0.15) is 0 Å². The van der Waals surface area contributed by atoms with Gasteiger partial charge >= 0.3 is 0 Å². The second-order valence-electron chi connectivity index (χ2n) is 12.1. The van der Waals surface area contributed by atoms with Gasteiger partial charge in [-0.3, -0.25) is 0 Å². The highest BCUT2D eigenvalue weighted by Gasteiger charge is 2.20. The zero-order chi connectivity index (χ0) is 30.5. The molecule has 0 aliphatic carbocycles. The van der Waals surface area contributed by atoms with E-state index in [4.69, 9.17) is 0 Å². The summed E-state index contributed by atoms with van der Waals surface area (Å²) in [5.74, 6) is 0. The molecule has 0 heteroatoms. The van der Waals surface area contributed by atoms with E-state index in [1.54, 1.807) is 0 Å². The van der Waals surface area contributed by atoms with Gasteiger partial charge in [0.05, 0.1) is 0 Å². The summed E-state index contributed by atoms with van der Waals surface area (Å²) in [5.41, 5.74) is 10.0. The van der Waals surface area contributed by atoms with Gasteiger partial charge in [0.2, 0.25) is 0 Å². The summed E-state index contributed by atoms with van der Waals surface area (Å²) in [7, 11) is 0. The summed E-state index contributed by atoms with van der Waals surface area (Å²) in [5, 5.41) is 10.1. The highest BCUT2D eigenvalue weighted by Crippen LogP contribution is 2.47. The molecule has 214 valence electrons. The van der Waals surface area contributed by atoms with E-state index < -0.39 is 0 Å². The first-order valence-electron chi connectivity index (χ1n) is 15.9. The number of hydrogen-bond donors (Lipinski definition) is 0. The maximum Gasteiger partial charge on any atom is -0.00201 e. The molecule has 9 rings (SSSR count). The van der Waals surface area contributed by atoms with Gasteiger partial charge in [-0.05, 0) is 106 Å². The first kappa shape index (κ1) is 26.4. The maximum atomic E-state index is 2.36. The van der Waals surface area contributed by atoms with Crippen LogP contribution in [0.1, 0.15) is 0 Å². The summed E-state index contributed by atoms with van der Waals surface area (Å²) < 4.78 is 0. The Bertz CT molecular complexity index is 2520. The Balaban J connectivity index is 1.33. The van der Waals surface area contributed by atoms with E-state index in [2.05, 4.69) is 182 Å². The molecule has 0 radical (unpaired) electrons. The van der Waals surface area contributed by atoms with Crippen LogP contribution in [0.4, 0.5) is 0 Å². The second kappa shape index (κ2) is 10.9. The van der Waals surface area contributed by atoms with E-state index in [1.165, 1.54) is 87.6 Å². The Hall–Kier alpha value is -5.98. The van der Waals surface area contributed by atoms with Gasteiger partial charge < -0.3 is 0 Å². The topological polar surface area (TPSA) is 0 Å². The second-order valence-corrected chi connectivity index (χ2v) is 12.1. The van der Waals surface area contributed by atoms with Crippen LogP contribution in [-0.4, -0.2) is 0 Å². The van der Waals surface area contributed by atoms with Gasteiger partial charge in [0.25, 0.3) is 0 Å². The van der Waals surface area contributed by atoms with Crippen molar-refractivity contribution in [2.75, 3.05) is 0 Å². The standard InChI is InChI=1S/C46H30/c1-2-14-31(15-3-1)37-18-6-8-20-39(37)45-41-22-10-12-24-43(41)46(44-25-13-11-23-42(44)45)40-21-9-7-19-38(40)35-27-26-34-28-32-16-4-5-17-33(32)29-36(34)30-35/h1-30H. The molecule has 0 aromatic heterocycles. The van der Waals surface area contributed by atoms with E-state index >= 15 is 0 Å². The quantitative estimate of drug-likeness (QED) is 0.181. The van der Waals surface area contributed by atoms with Crippen LogP contribution in [0.15, 0.2) is 182 Å². The van der Waals surface area contributed by atoms with Crippen LogP contribution >= 0.6 is 0 Å². The van der Waals surface area contributed by atoms with Gasteiger partial charge in [-0.1, -0.05) is 164 Å². The van der Waals surface area contributed by atoms with Gasteiger partial charge in [0.15, 0.2) is 0 Å². The lowest BCUT2D eigenvalue weighted by Gasteiger charge is -2.21. The summed E-state index contributed by atoms with van der Waals surface area (Å²) in [6.07, 6.45) is 0. The minimum atomic E-state index is 1.23. The van der Waals surface area contributed by atoms with Crippen LogP contribution in [0.25, 0.3) is 87.6 Å². The van der Waals surface area contributed by atoms with E-state index in [0.717, 1.165) is 0 Å². The van der Waals surface area contributed by atoms with Crippen LogP contribution in [0, 0.1) is 0 Å². The fourth-order valence-electron chi connectivity index (χ4n) is 7.34. The molecule has 0 bridgehead atoms. The van der Waals surface area contributed by atoms with Gasteiger partial charge in [0, 0.05) is 0 Å². The molecule has 0 atom stereocenters. The third-order valence-electron chi connectivity index (χ3n) is 9.42. The van der Waals surface area contributed by atoms with Crippen molar-refractivity contribution in [1.82, 2.24) is 0 Å². The number of hydrogen-bond acceptors (Lipinski definition) is 0. The Morgan fingerprint density at radius 3 is 1.15 bits per heavy atom. The van der Waals surface area contributed by atoms with Gasteiger partial charge in [0.1, 0.15) is 0 Å². The Morgan fingerprint density at radius 1 is 0.217 bits per heavy atom. The third-order valence-corrected chi connectivity index (χ3v) is 9.42. The molecule has 0 N–H and O–H groups in total. The Labute approximate surface area is 268 Å². The summed E-state index contributed by atoms with van der Waals surface area (Å²) in [6.45, 7) is 0. The molecular weight excluding hydrogens is 553 g/mol. The minimum Gasteiger partial charge on any atom is -0.0622 e. The molecule has 0 unspecified atom stereocenters. The molecule has 9 aromatic carbocycles. The molecule has 0 saturated carbocycles. The van der Waals surface area contributed by atoms with E-state index in [-0.39, 0.29) is 0 Å². The third kappa shape index (κ3) is 4.30. The predicted octanol–water partition coefficient (Wildman–Crippen LogP) is 13.0. The van der Waals surface area contributed by atoms with Crippen molar-refractivity contribution in [3.8, 4) is 44.5 Å². The molecule has 0 nitrogen and oxygen atoms in total. The molecule has 0 aliphatic rings. The first-order valence-corrected chi connectivity index (χ1v) is 15.9. The smallest absolute Gasteiger partial charge is 0.00201 e. The molecule has 9 aromatic rings. The van der Waals surface area contributed by atoms with Crippen LogP contribution in [0.2, 0.25) is 0 Å². The number of benzene rings is 9. The summed E-state index contributed by atoms with van der Waals surface area (Å²) in [4.78, 5) is 0. The van der Waals surface area contributed by atoms with Crippen molar-refractivity contribution in [3.05, 3.63) is 182 Å². The van der Waals surface area contributed by atoms with Gasteiger partial charge in [-0.15, -0.1) is 0 Å². The largest absolute Gasteiger partial charge is 0.0622 e. The summed E-state index contributed by atoms with van der Waals surface area (Å²) in [6, 6.07) is 66.6. The summed E-state index contributed by atoms with van der Waals surface area (Å²) >= 11 is 0. The SMILES string of the molecule is c1ccc(-c2ccccc2-c2c3ccccc3c(-c3ccccc3-c3ccc4cc5ccccc5cc4c3)c3ccccc23)cc1. The highest BCUT2D eigenvalue weighted by molar-refractivity contribution is 6.23. The number of rotatable bonds is 4. The maximum absolute atomic E-state index is 2.36. The van der Waals surface area contributed by atoms with Crippen LogP contribution in [-0.2, 0) is 0 Å². The number of fused-ring (bicyclic) bond motifs is 4. The average molecular weight is 583 g/mol. The lowest BCUT2D eigenvalue weighted by atomic mass is 9.82. The molecule has 0 amide bonds. The van der Waals surface area contributed by atoms with Crippen LogP contribution < -0.4 is 0 Å². The lowest BCUT2D eigenvalue weighted by molar-refractivity contribution is 1.60. The van der Waals surface area contributed by atoms with Crippen molar-refractivity contribution in [2.24, 2.45) is 0 Å². The van der Waals surface area contributed by atoms with E-state index in [0.29, 0.717) is 0 Å². The highest BCUT2D eigenvalue weighted by atomic mass is 14.2. The lowest BCUT2D eigenvalue weighted by Crippen LogP contribution is -1.94. The molecule has 0 spiro atoms. The van der Waals surface area contributed by atoms with E-state index in [1.807, 2.05) is 0 Å². The van der Waals surface area contributed by atoms with Crippen LogP contribution in [0.3, 0.4) is 0 Å². The predicted molar refractivity (Wildman–Crippen MR) is 198 cm³/mol. The monoisotopic (exact) mass is 582 g/mol. The molecule has 0 fully saturated rings. The van der Waals surface area contributed by atoms with Gasteiger partial charge in [-0.25, -0.2) is 0 Å². The van der Waals surface area contributed by atoms with E-state index in [9.17, 15) is 0 Å². The van der Waals surface area contributed by atoms with Crippen molar-refractivity contribution in [3.63, 3.8) is 0 Å². The fraction of sp³-hybridized carbons (Fsp3) is 0. The average Bonchev–Trinajstić information content (AvgIpc) is 3.13. The van der Waals surface area contributed by atoms with Crippen molar-refractivity contribution >= 4 is 43.1 Å². The van der Waals surface area contributed by atoms with Crippen molar-refractivity contribution in [2.45, 2.75) is 0 Å². The first-order chi connectivity index (χ1) is 22.8. The molecule has 0 heterocycles. The zero-order valence-corrected chi connectivity index (χ0v) is 25.3. The van der Waals surface area contributed by atoms with Crippen molar-refractivity contribution in [1.29, 1.82) is 0 Å². The Morgan fingerprint density at radius 2 is 0.609 bits per heavy atom. The molecule has 0 saturated heterocycles. The zero-order valence-electron chi connectivity index (χ0n) is 25.3. The molecule has 46 heavy (non-hydrogen) atoms. The Kier molecular flexibility index (Phi) is 6.25.